The lowest BCUT2D eigenvalue weighted by Gasteiger charge is -2.30. The molecule has 0 aliphatic carbocycles. The number of piperidine rings is 1. The molecule has 1 aromatic carbocycles. The Morgan fingerprint density at radius 1 is 1.15 bits per heavy atom. The van der Waals surface area contributed by atoms with Crippen LogP contribution < -0.4 is 11.3 Å². The van der Waals surface area contributed by atoms with Crippen molar-refractivity contribution in [3.05, 3.63) is 58.0 Å². The summed E-state index contributed by atoms with van der Waals surface area (Å²) < 4.78 is 0. The van der Waals surface area contributed by atoms with E-state index in [0.717, 1.165) is 42.1 Å². The molecule has 1 aliphatic rings. The molecule has 0 bridgehead atoms. The zero-order chi connectivity index (χ0) is 19.0. The third kappa shape index (κ3) is 3.66. The van der Waals surface area contributed by atoms with Crippen molar-refractivity contribution in [1.82, 2.24) is 14.9 Å². The number of nitrogens with two attached hydrogens (primary N) is 1. The molecule has 6 nitrogen and oxygen atoms in total. The summed E-state index contributed by atoms with van der Waals surface area (Å²) in [4.78, 5) is 31.8. The molecule has 0 spiro atoms. The largest absolute Gasteiger partial charge is 0.364 e. The summed E-state index contributed by atoms with van der Waals surface area (Å²) in [6.45, 7) is 5.58. The lowest BCUT2D eigenvalue weighted by atomic mass is 9.99. The van der Waals surface area contributed by atoms with Crippen LogP contribution in [-0.4, -0.2) is 33.9 Å². The highest BCUT2D eigenvalue weighted by Gasteiger charge is 2.16. The first-order valence-corrected chi connectivity index (χ1v) is 9.37. The van der Waals surface area contributed by atoms with Gasteiger partial charge in [0.15, 0.2) is 0 Å². The molecular formula is C21H24N4O2. The number of aromatic nitrogens is 2. The quantitative estimate of drug-likeness (QED) is 0.664. The fourth-order valence-electron chi connectivity index (χ4n) is 3.73. The van der Waals surface area contributed by atoms with Crippen molar-refractivity contribution in [3.8, 4) is 11.3 Å². The fourth-order valence-corrected chi connectivity index (χ4v) is 3.73. The van der Waals surface area contributed by atoms with E-state index in [1.165, 1.54) is 24.5 Å². The highest BCUT2D eigenvalue weighted by molar-refractivity contribution is 5.91. The van der Waals surface area contributed by atoms with Crippen molar-refractivity contribution in [2.45, 2.75) is 26.3 Å². The van der Waals surface area contributed by atoms with Gasteiger partial charge in [-0.1, -0.05) is 13.0 Å². The number of rotatable bonds is 4. The van der Waals surface area contributed by atoms with Crippen molar-refractivity contribution in [1.29, 1.82) is 0 Å². The molecule has 0 atom stereocenters. The van der Waals surface area contributed by atoms with Crippen LogP contribution in [0.2, 0.25) is 0 Å². The van der Waals surface area contributed by atoms with Crippen LogP contribution in [0, 0.1) is 5.92 Å². The van der Waals surface area contributed by atoms with Crippen LogP contribution in [0.3, 0.4) is 0 Å². The van der Waals surface area contributed by atoms with Crippen molar-refractivity contribution >= 4 is 16.8 Å². The summed E-state index contributed by atoms with van der Waals surface area (Å²) in [5, 5.41) is 1.08. The smallest absolute Gasteiger partial charge is 0.265 e. The summed E-state index contributed by atoms with van der Waals surface area (Å²) in [6, 6.07) is 11.5. The van der Waals surface area contributed by atoms with E-state index in [9.17, 15) is 9.59 Å². The molecule has 1 aliphatic heterocycles. The van der Waals surface area contributed by atoms with Crippen molar-refractivity contribution < 1.29 is 4.79 Å². The van der Waals surface area contributed by atoms with Crippen molar-refractivity contribution in [2.75, 3.05) is 13.1 Å². The zero-order valence-electron chi connectivity index (χ0n) is 15.4. The van der Waals surface area contributed by atoms with Gasteiger partial charge in [-0.3, -0.25) is 14.5 Å². The first-order chi connectivity index (χ1) is 13.0. The lowest BCUT2D eigenvalue weighted by Crippen LogP contribution is -2.32. The van der Waals surface area contributed by atoms with Crippen LogP contribution in [0.15, 0.2) is 41.2 Å². The van der Waals surface area contributed by atoms with Gasteiger partial charge in [0.1, 0.15) is 5.69 Å². The minimum absolute atomic E-state index is 0.109. The number of H-pyrrole nitrogens is 2. The Balaban J connectivity index is 1.59. The van der Waals surface area contributed by atoms with Gasteiger partial charge >= 0.3 is 0 Å². The van der Waals surface area contributed by atoms with Gasteiger partial charge in [-0.15, -0.1) is 0 Å². The van der Waals surface area contributed by atoms with E-state index in [0.29, 0.717) is 5.56 Å². The Morgan fingerprint density at radius 3 is 2.63 bits per heavy atom. The maximum absolute atomic E-state index is 12.3. The first-order valence-electron chi connectivity index (χ1n) is 9.37. The van der Waals surface area contributed by atoms with Crippen LogP contribution in [0.1, 0.15) is 35.8 Å². The van der Waals surface area contributed by atoms with E-state index >= 15 is 0 Å². The maximum atomic E-state index is 12.3. The minimum atomic E-state index is -0.646. The first kappa shape index (κ1) is 17.5. The molecule has 3 aromatic rings. The monoisotopic (exact) mass is 364 g/mol. The second kappa shape index (κ2) is 7.04. The van der Waals surface area contributed by atoms with Crippen LogP contribution >= 0.6 is 0 Å². The molecular weight excluding hydrogens is 340 g/mol. The number of nitrogens with zero attached hydrogens (tertiary/aromatic N) is 1. The Hall–Kier alpha value is -2.86. The molecule has 27 heavy (non-hydrogen) atoms. The summed E-state index contributed by atoms with van der Waals surface area (Å²) in [5.74, 6) is 0.182. The molecule has 0 unspecified atom stereocenters. The molecule has 1 amide bonds. The van der Waals surface area contributed by atoms with E-state index in [1.54, 1.807) is 6.07 Å². The van der Waals surface area contributed by atoms with E-state index in [-0.39, 0.29) is 11.3 Å². The van der Waals surface area contributed by atoms with Gasteiger partial charge in [0.2, 0.25) is 0 Å². The molecule has 140 valence electrons. The number of aromatic amines is 2. The van der Waals surface area contributed by atoms with Gasteiger partial charge in [-0.25, -0.2) is 0 Å². The van der Waals surface area contributed by atoms with Gasteiger partial charge in [0.25, 0.3) is 11.5 Å². The lowest BCUT2D eigenvalue weighted by molar-refractivity contribution is 0.0995. The Morgan fingerprint density at radius 2 is 1.93 bits per heavy atom. The van der Waals surface area contributed by atoms with Crippen LogP contribution in [0.25, 0.3) is 22.2 Å². The zero-order valence-corrected chi connectivity index (χ0v) is 15.4. The average molecular weight is 364 g/mol. The molecule has 1 fully saturated rings. The van der Waals surface area contributed by atoms with Crippen molar-refractivity contribution in [3.63, 3.8) is 0 Å². The van der Waals surface area contributed by atoms with Gasteiger partial charge in [0, 0.05) is 17.4 Å². The van der Waals surface area contributed by atoms with E-state index < -0.39 is 5.91 Å². The van der Waals surface area contributed by atoms with Crippen LogP contribution in [0.5, 0.6) is 0 Å². The molecule has 4 rings (SSSR count). The van der Waals surface area contributed by atoms with Crippen LogP contribution in [-0.2, 0) is 6.54 Å². The standard InChI is InChI=1S/C21H24N4O2/c1-13-6-8-25(9-7-13)12-14-2-4-17-15(10-14)11-19(23-17)16-3-5-18(20(22)26)24-21(16)27/h2-5,10-11,13,23H,6-9,12H2,1H3,(H2,22,26)(H,24,27). The number of hydrogen-bond donors (Lipinski definition) is 3. The number of likely N-dealkylation sites (tertiary alicyclic amines) is 1. The number of amides is 1. The number of pyridine rings is 1. The number of primary amides is 1. The number of nitrogens with one attached hydrogen (secondary N) is 2. The summed E-state index contributed by atoms with van der Waals surface area (Å²) in [6.07, 6.45) is 2.53. The third-order valence-corrected chi connectivity index (χ3v) is 5.43. The molecule has 0 saturated carbocycles. The summed E-state index contributed by atoms with van der Waals surface area (Å²) in [5.41, 5.74) is 8.47. The Bertz CT molecular complexity index is 1040. The average Bonchev–Trinajstić information content (AvgIpc) is 3.06. The van der Waals surface area contributed by atoms with E-state index in [2.05, 4.69) is 40.0 Å². The Labute approximate surface area is 157 Å². The van der Waals surface area contributed by atoms with Gasteiger partial charge in [-0.2, -0.15) is 0 Å². The van der Waals surface area contributed by atoms with Gasteiger partial charge < -0.3 is 15.7 Å². The number of benzene rings is 1. The van der Waals surface area contributed by atoms with Gasteiger partial charge in [0.05, 0.1) is 11.3 Å². The number of fused-ring (bicyclic) bond motifs is 1. The highest BCUT2D eigenvalue weighted by Crippen LogP contribution is 2.24. The van der Waals surface area contributed by atoms with Crippen LogP contribution in [0.4, 0.5) is 0 Å². The topological polar surface area (TPSA) is 95.0 Å². The minimum Gasteiger partial charge on any atom is -0.364 e. The Kier molecular flexibility index (Phi) is 4.58. The normalized spacial score (nSPS) is 16.0. The van der Waals surface area contributed by atoms with E-state index in [4.69, 9.17) is 5.73 Å². The SMILES string of the molecule is CC1CCN(Cc2ccc3[nH]c(-c4ccc(C(N)=O)[nH]c4=O)cc3c2)CC1. The number of carbonyl (C=O) groups is 1. The summed E-state index contributed by atoms with van der Waals surface area (Å²) in [7, 11) is 0. The maximum Gasteiger partial charge on any atom is 0.265 e. The molecule has 1 saturated heterocycles. The molecule has 4 N–H and O–H groups in total. The summed E-state index contributed by atoms with van der Waals surface area (Å²) >= 11 is 0. The second-order valence-electron chi connectivity index (χ2n) is 7.54. The molecule has 0 radical (unpaired) electrons. The molecule has 6 heteroatoms. The molecule has 2 aromatic heterocycles. The predicted octanol–water partition coefficient (Wildman–Crippen LogP) is 2.85. The van der Waals surface area contributed by atoms with Gasteiger partial charge in [-0.05, 0) is 67.7 Å². The van der Waals surface area contributed by atoms with Crippen molar-refractivity contribution in [2.24, 2.45) is 11.7 Å². The fraction of sp³-hybridized carbons (Fsp3) is 0.333. The number of hydrogen-bond acceptors (Lipinski definition) is 3. The molecule has 3 heterocycles. The van der Waals surface area contributed by atoms with E-state index in [1.807, 2.05) is 6.07 Å². The third-order valence-electron chi connectivity index (χ3n) is 5.43. The number of carbonyl (C=O) groups excluding carboxylic acids is 1. The highest BCUT2D eigenvalue weighted by atomic mass is 16.1. The second-order valence-corrected chi connectivity index (χ2v) is 7.54. The predicted molar refractivity (Wildman–Crippen MR) is 107 cm³/mol.